The Morgan fingerprint density at radius 3 is 2.59 bits per heavy atom. The summed E-state index contributed by atoms with van der Waals surface area (Å²) in [6.45, 7) is 7.79. The van der Waals surface area contributed by atoms with Crippen molar-refractivity contribution >= 4 is 38.1 Å². The fourth-order valence-electron chi connectivity index (χ4n) is 5.67. The molecule has 0 radical (unpaired) electrons. The van der Waals surface area contributed by atoms with Crippen LogP contribution in [0.2, 0.25) is 0 Å². The van der Waals surface area contributed by atoms with E-state index in [1.807, 2.05) is 13.0 Å². The summed E-state index contributed by atoms with van der Waals surface area (Å²) in [5.41, 5.74) is 5.13. The van der Waals surface area contributed by atoms with Gasteiger partial charge in [-0.1, -0.05) is 35.5 Å². The fourth-order valence-corrected chi connectivity index (χ4v) is 8.30. The van der Waals surface area contributed by atoms with Crippen LogP contribution in [0.5, 0.6) is 0 Å². The second-order valence-electron chi connectivity index (χ2n) is 11.6. The summed E-state index contributed by atoms with van der Waals surface area (Å²) in [5.74, 6) is 1.38. The van der Waals surface area contributed by atoms with Crippen molar-refractivity contribution < 1.29 is 12.9 Å². The van der Waals surface area contributed by atoms with Crippen molar-refractivity contribution in [1.82, 2.24) is 29.2 Å². The van der Waals surface area contributed by atoms with Crippen LogP contribution < -0.4 is 5.32 Å². The zero-order valence-electron chi connectivity index (χ0n) is 25.4. The van der Waals surface area contributed by atoms with Gasteiger partial charge in [0, 0.05) is 67.7 Å². The minimum absolute atomic E-state index is 0.0909. The summed E-state index contributed by atoms with van der Waals surface area (Å²) in [5, 5.41) is 10.2. The van der Waals surface area contributed by atoms with Crippen molar-refractivity contribution in [3.8, 4) is 21.8 Å². The van der Waals surface area contributed by atoms with E-state index in [0.29, 0.717) is 36.8 Å². The Morgan fingerprint density at radius 2 is 1.84 bits per heavy atom. The molecule has 12 heteroatoms. The Labute approximate surface area is 262 Å². The smallest absolute Gasteiger partial charge is 0.244 e. The van der Waals surface area contributed by atoms with Crippen LogP contribution in [0.15, 0.2) is 75.7 Å². The lowest BCUT2D eigenvalue weighted by molar-refractivity contribution is 0.184. The zero-order chi connectivity index (χ0) is 30.8. The lowest BCUT2D eigenvalue weighted by Crippen LogP contribution is -2.50. The first kappa shape index (κ1) is 30.4. The Morgan fingerprint density at radius 1 is 1.05 bits per heavy atom. The number of anilines is 1. The summed E-state index contributed by atoms with van der Waals surface area (Å²) >= 11 is 1.35. The number of sulfonamides is 1. The van der Waals surface area contributed by atoms with E-state index in [4.69, 9.17) is 4.52 Å². The maximum Gasteiger partial charge on any atom is 0.244 e. The Hall–Kier alpha value is -3.68. The number of nitrogens with zero attached hydrogens (tertiary/aromatic N) is 6. The number of hydrogen-bond acceptors (Lipinski definition) is 10. The van der Waals surface area contributed by atoms with Gasteiger partial charge in [-0.25, -0.2) is 18.4 Å². The van der Waals surface area contributed by atoms with Gasteiger partial charge in [0.05, 0.1) is 21.0 Å². The molecule has 10 nitrogen and oxygen atoms in total. The first-order valence-corrected chi connectivity index (χ1v) is 17.0. The molecule has 4 heterocycles. The summed E-state index contributed by atoms with van der Waals surface area (Å²) in [6.07, 6.45) is 1.62. The van der Waals surface area contributed by atoms with E-state index in [1.54, 1.807) is 22.1 Å². The number of aryl methyl sites for hydroxylation is 1. The number of piperazine rings is 1. The van der Waals surface area contributed by atoms with Crippen molar-refractivity contribution in [2.75, 3.05) is 52.1 Å². The molecule has 5 aromatic rings. The molecule has 0 saturated carbocycles. The number of rotatable bonds is 10. The van der Waals surface area contributed by atoms with Crippen molar-refractivity contribution in [1.29, 1.82) is 0 Å². The number of para-hydroxylation sites is 1. The highest BCUT2D eigenvalue weighted by Crippen LogP contribution is 2.32. The van der Waals surface area contributed by atoms with Crippen LogP contribution >= 0.6 is 11.3 Å². The molecule has 1 aliphatic heterocycles. The molecule has 1 N–H and O–H groups in total. The molecule has 6 rings (SSSR count). The van der Waals surface area contributed by atoms with Gasteiger partial charge in [0.1, 0.15) is 12.1 Å². The van der Waals surface area contributed by atoms with Gasteiger partial charge < -0.3 is 14.7 Å². The third-order valence-electron chi connectivity index (χ3n) is 7.73. The Bertz CT molecular complexity index is 1860. The van der Waals surface area contributed by atoms with E-state index in [9.17, 15) is 8.42 Å². The molecule has 230 valence electrons. The SMILES string of the molecule is Cc1cc(-c2cc(S(=O)(=O)N3CCN(CC(C)Nc4ncnc5c(-c6cccc(CN(C)C)c6)cccc45)CC3)cs2)on1. The molecule has 2 aromatic carbocycles. The van der Waals surface area contributed by atoms with Gasteiger partial charge in [0.15, 0.2) is 5.76 Å². The van der Waals surface area contributed by atoms with Crippen molar-refractivity contribution in [3.05, 3.63) is 77.6 Å². The molecule has 0 spiro atoms. The Kier molecular flexibility index (Phi) is 8.79. The molecule has 0 aliphatic carbocycles. The summed E-state index contributed by atoms with van der Waals surface area (Å²) in [7, 11) is 0.558. The predicted molar refractivity (Wildman–Crippen MR) is 175 cm³/mol. The Balaban J connectivity index is 1.09. The van der Waals surface area contributed by atoms with Crippen LogP contribution in [-0.2, 0) is 16.6 Å². The molecule has 1 unspecified atom stereocenters. The number of nitrogens with one attached hydrogen (secondary N) is 1. The van der Waals surface area contributed by atoms with E-state index in [0.717, 1.165) is 51.5 Å². The van der Waals surface area contributed by atoms with Crippen LogP contribution in [0.4, 0.5) is 5.82 Å². The van der Waals surface area contributed by atoms with Gasteiger partial charge in [-0.05, 0) is 57.3 Å². The highest BCUT2D eigenvalue weighted by Gasteiger charge is 2.30. The van der Waals surface area contributed by atoms with Gasteiger partial charge in [0.25, 0.3) is 0 Å². The molecule has 1 fully saturated rings. The largest absolute Gasteiger partial charge is 0.366 e. The molecule has 1 atom stereocenters. The maximum atomic E-state index is 13.4. The molecule has 0 bridgehead atoms. The van der Waals surface area contributed by atoms with Crippen LogP contribution in [-0.4, -0.2) is 90.5 Å². The van der Waals surface area contributed by atoms with E-state index in [2.05, 4.69) is 93.7 Å². The van der Waals surface area contributed by atoms with Crippen LogP contribution in [0.1, 0.15) is 18.2 Å². The van der Waals surface area contributed by atoms with Crippen LogP contribution in [0.3, 0.4) is 0 Å². The zero-order valence-corrected chi connectivity index (χ0v) is 27.0. The van der Waals surface area contributed by atoms with Gasteiger partial charge in [-0.3, -0.25) is 4.90 Å². The van der Waals surface area contributed by atoms with Crippen molar-refractivity contribution in [2.45, 2.75) is 31.3 Å². The molecule has 3 aromatic heterocycles. The van der Waals surface area contributed by atoms with Gasteiger partial charge in [0.2, 0.25) is 10.0 Å². The minimum atomic E-state index is -3.58. The standard InChI is InChI=1S/C32H37N7O3S2/c1-22-15-29(42-36-22)30-17-26(20-43-30)44(40,41)39-13-11-38(12-14-39)18-23(2)35-32-28-10-6-9-27(31(28)33-21-34-32)25-8-5-7-24(16-25)19-37(3)4/h5-10,15-17,20-21,23H,11-14,18-19H2,1-4H3,(H,33,34,35). The predicted octanol–water partition coefficient (Wildman–Crippen LogP) is 5.19. The third-order valence-corrected chi connectivity index (χ3v) is 10.7. The topological polar surface area (TPSA) is 108 Å². The molecule has 44 heavy (non-hydrogen) atoms. The summed E-state index contributed by atoms with van der Waals surface area (Å²) in [4.78, 5) is 14.8. The minimum Gasteiger partial charge on any atom is -0.366 e. The van der Waals surface area contributed by atoms with Crippen LogP contribution in [0, 0.1) is 6.92 Å². The fraction of sp³-hybridized carbons (Fsp3) is 0.344. The van der Waals surface area contributed by atoms with Crippen LogP contribution in [0.25, 0.3) is 32.7 Å². The maximum absolute atomic E-state index is 13.4. The molecule has 0 amide bonds. The van der Waals surface area contributed by atoms with Gasteiger partial charge in [-0.2, -0.15) is 4.31 Å². The number of hydrogen-bond donors (Lipinski definition) is 1. The first-order valence-electron chi connectivity index (χ1n) is 14.7. The second-order valence-corrected chi connectivity index (χ2v) is 14.4. The average Bonchev–Trinajstić information content (AvgIpc) is 3.67. The summed E-state index contributed by atoms with van der Waals surface area (Å²) in [6, 6.07) is 18.4. The molecule has 1 saturated heterocycles. The quantitative estimate of drug-likeness (QED) is 0.223. The molecular weight excluding hydrogens is 595 g/mol. The summed E-state index contributed by atoms with van der Waals surface area (Å²) < 4.78 is 33.6. The lowest BCUT2D eigenvalue weighted by Gasteiger charge is -2.35. The number of fused-ring (bicyclic) bond motifs is 1. The number of thiophene rings is 1. The van der Waals surface area contributed by atoms with E-state index in [-0.39, 0.29) is 6.04 Å². The van der Waals surface area contributed by atoms with Gasteiger partial charge >= 0.3 is 0 Å². The van der Waals surface area contributed by atoms with E-state index < -0.39 is 10.0 Å². The van der Waals surface area contributed by atoms with E-state index >= 15 is 0 Å². The van der Waals surface area contributed by atoms with E-state index in [1.165, 1.54) is 16.9 Å². The number of aromatic nitrogens is 3. The number of benzene rings is 2. The monoisotopic (exact) mass is 631 g/mol. The molecule has 1 aliphatic rings. The van der Waals surface area contributed by atoms with Crippen molar-refractivity contribution in [2.24, 2.45) is 0 Å². The van der Waals surface area contributed by atoms with Crippen molar-refractivity contribution in [3.63, 3.8) is 0 Å². The highest BCUT2D eigenvalue weighted by atomic mass is 32.2. The lowest BCUT2D eigenvalue weighted by atomic mass is 10.00. The first-order chi connectivity index (χ1) is 21.2. The highest BCUT2D eigenvalue weighted by molar-refractivity contribution is 7.89. The third kappa shape index (κ3) is 6.54. The second kappa shape index (κ2) is 12.7. The molecular formula is C32H37N7O3S2. The average molecular weight is 632 g/mol. The van der Waals surface area contributed by atoms with Gasteiger partial charge in [-0.15, -0.1) is 11.3 Å². The normalized spacial score (nSPS) is 15.7.